The number of likely N-dealkylation sites (tertiary alicyclic amines) is 1. The number of nitrogens with zero attached hydrogens (tertiary/aromatic N) is 7. The summed E-state index contributed by atoms with van der Waals surface area (Å²) in [6.45, 7) is 1.48. The lowest BCUT2D eigenvalue weighted by Crippen LogP contribution is -2.48. The molecule has 0 unspecified atom stereocenters. The van der Waals surface area contributed by atoms with Crippen molar-refractivity contribution >= 4 is 22.5 Å². The summed E-state index contributed by atoms with van der Waals surface area (Å²) in [6.07, 6.45) is -2.09. The van der Waals surface area contributed by atoms with Gasteiger partial charge >= 0.3 is 0 Å². The van der Waals surface area contributed by atoms with E-state index >= 15 is 4.39 Å². The van der Waals surface area contributed by atoms with Crippen molar-refractivity contribution in [3.05, 3.63) is 30.2 Å². The molecule has 0 spiro atoms. The highest BCUT2D eigenvalue weighted by Crippen LogP contribution is 2.35. The predicted molar refractivity (Wildman–Crippen MR) is 127 cm³/mol. The summed E-state index contributed by atoms with van der Waals surface area (Å²) < 4.78 is 68.9. The zero-order valence-corrected chi connectivity index (χ0v) is 20.2. The molecule has 37 heavy (non-hydrogen) atoms. The van der Waals surface area contributed by atoms with Crippen LogP contribution in [0.1, 0.15) is 6.42 Å². The third-order valence-electron chi connectivity index (χ3n) is 6.41. The van der Waals surface area contributed by atoms with Gasteiger partial charge in [-0.1, -0.05) is 11.3 Å². The van der Waals surface area contributed by atoms with E-state index in [0.717, 1.165) is 4.68 Å². The molecule has 4 heterocycles. The SMILES string of the molecule is COCCN1CC[C@H](Nc2nc(OC)c3c(-c4ccc5nnn(CC(F)F)c5c4)c(F)cn3n2)[C@@H](F)C1. The number of methoxy groups -OCH3 is 2. The first-order valence-electron chi connectivity index (χ1n) is 11.7. The average molecular weight is 523 g/mol. The molecular weight excluding hydrogens is 496 g/mol. The minimum absolute atomic E-state index is 0.0728. The summed E-state index contributed by atoms with van der Waals surface area (Å²) in [6, 6.07) is 4.20. The fourth-order valence-electron chi connectivity index (χ4n) is 4.61. The molecule has 0 amide bonds. The van der Waals surface area contributed by atoms with Gasteiger partial charge in [0.15, 0.2) is 5.82 Å². The van der Waals surface area contributed by atoms with E-state index < -0.39 is 31.0 Å². The van der Waals surface area contributed by atoms with Gasteiger partial charge in [-0.25, -0.2) is 26.8 Å². The number of fused-ring (bicyclic) bond motifs is 2. The van der Waals surface area contributed by atoms with Crippen LogP contribution >= 0.6 is 0 Å². The lowest BCUT2D eigenvalue weighted by Gasteiger charge is -2.34. The molecule has 1 N–H and O–H groups in total. The first kappa shape index (κ1) is 25.1. The van der Waals surface area contributed by atoms with Gasteiger partial charge < -0.3 is 14.8 Å². The second-order valence-corrected chi connectivity index (χ2v) is 8.80. The zero-order valence-electron chi connectivity index (χ0n) is 20.2. The summed E-state index contributed by atoms with van der Waals surface area (Å²) >= 11 is 0. The number of anilines is 1. The van der Waals surface area contributed by atoms with Crippen LogP contribution in [0, 0.1) is 5.82 Å². The van der Waals surface area contributed by atoms with Crippen LogP contribution in [-0.4, -0.2) is 93.6 Å². The van der Waals surface area contributed by atoms with Crippen LogP contribution in [0.2, 0.25) is 0 Å². The van der Waals surface area contributed by atoms with Crippen molar-refractivity contribution < 1.29 is 27.0 Å². The number of hydrogen-bond acceptors (Lipinski definition) is 8. The Balaban J connectivity index is 1.46. The van der Waals surface area contributed by atoms with Crippen molar-refractivity contribution in [3.8, 4) is 17.0 Å². The van der Waals surface area contributed by atoms with E-state index in [4.69, 9.17) is 9.47 Å². The number of aromatic nitrogens is 6. The molecule has 1 saturated heterocycles. The predicted octanol–water partition coefficient (Wildman–Crippen LogP) is 3.02. The number of rotatable bonds is 9. The maximum Gasteiger partial charge on any atom is 0.258 e. The third kappa shape index (κ3) is 5.03. The zero-order chi connectivity index (χ0) is 26.1. The topological polar surface area (TPSA) is 94.6 Å². The minimum atomic E-state index is -2.62. The molecule has 1 aliphatic heterocycles. The molecule has 0 radical (unpaired) electrons. The van der Waals surface area contributed by atoms with Gasteiger partial charge in [-0.05, 0) is 24.1 Å². The molecular formula is C23H26F4N8O2. The number of halogens is 4. The van der Waals surface area contributed by atoms with Gasteiger partial charge in [0.05, 0.1) is 37.0 Å². The van der Waals surface area contributed by atoms with Crippen LogP contribution in [0.25, 0.3) is 27.7 Å². The highest BCUT2D eigenvalue weighted by atomic mass is 19.3. The number of benzene rings is 1. The quantitative estimate of drug-likeness (QED) is 0.336. The summed E-state index contributed by atoms with van der Waals surface area (Å²) in [5.74, 6) is -0.450. The molecule has 14 heteroatoms. The Labute approximate surface area is 209 Å². The monoisotopic (exact) mass is 522 g/mol. The number of nitrogens with one attached hydrogen (secondary N) is 1. The standard InChI is InChI=1S/C23H26F4N8O2/c1-36-8-7-33-6-5-16(14(24)10-33)28-23-29-22(37-2)21-20(15(25)11-35(21)31-23)13-3-4-17-18(9-13)34(32-30-17)12-19(26)27/h3-4,9,11,14,16,19H,5-8,10,12H2,1-2H3,(H,28,31)/t14-,16-/m0/s1. The molecule has 1 aromatic carbocycles. The van der Waals surface area contributed by atoms with Gasteiger partial charge in [0.1, 0.15) is 23.7 Å². The summed E-state index contributed by atoms with van der Waals surface area (Å²) in [4.78, 5) is 6.35. The first-order valence-corrected chi connectivity index (χ1v) is 11.7. The number of ether oxygens (including phenoxy) is 2. The van der Waals surface area contributed by atoms with Gasteiger partial charge in [-0.2, -0.15) is 4.98 Å². The molecule has 4 aromatic rings. The van der Waals surface area contributed by atoms with Crippen LogP contribution < -0.4 is 10.1 Å². The first-order chi connectivity index (χ1) is 17.9. The molecule has 5 rings (SSSR count). The van der Waals surface area contributed by atoms with Crippen LogP contribution in [0.4, 0.5) is 23.5 Å². The van der Waals surface area contributed by atoms with Crippen molar-refractivity contribution in [2.45, 2.75) is 31.6 Å². The summed E-state index contributed by atoms with van der Waals surface area (Å²) in [5, 5.41) is 15.0. The maximum atomic E-state index is 15.2. The summed E-state index contributed by atoms with van der Waals surface area (Å²) in [5.41, 5.74) is 1.49. The van der Waals surface area contributed by atoms with Crippen LogP contribution in [0.3, 0.4) is 0 Å². The Morgan fingerprint density at radius 3 is 2.81 bits per heavy atom. The van der Waals surface area contributed by atoms with Crippen molar-refractivity contribution in [1.29, 1.82) is 0 Å². The molecule has 2 atom stereocenters. The van der Waals surface area contributed by atoms with Gasteiger partial charge in [0.2, 0.25) is 11.8 Å². The Kier molecular flexibility index (Phi) is 7.11. The normalized spacial score (nSPS) is 18.8. The molecule has 198 valence electrons. The Morgan fingerprint density at radius 1 is 1.24 bits per heavy atom. The van der Waals surface area contributed by atoms with E-state index in [0.29, 0.717) is 42.7 Å². The number of piperidine rings is 1. The average Bonchev–Trinajstić information content (AvgIpc) is 3.42. The number of hydrogen-bond donors (Lipinski definition) is 1. The molecule has 3 aromatic heterocycles. The van der Waals surface area contributed by atoms with Gasteiger partial charge in [0.25, 0.3) is 6.43 Å². The van der Waals surface area contributed by atoms with E-state index in [2.05, 4.69) is 25.7 Å². The van der Waals surface area contributed by atoms with Crippen molar-refractivity contribution in [1.82, 2.24) is 34.5 Å². The van der Waals surface area contributed by atoms with Crippen molar-refractivity contribution in [2.24, 2.45) is 0 Å². The fourth-order valence-corrected chi connectivity index (χ4v) is 4.61. The van der Waals surface area contributed by atoms with Crippen molar-refractivity contribution in [2.75, 3.05) is 45.8 Å². The van der Waals surface area contributed by atoms with Gasteiger partial charge in [0, 0.05) is 26.7 Å². The Hall–Kier alpha value is -3.52. The van der Waals surface area contributed by atoms with Gasteiger partial charge in [-0.15, -0.1) is 10.2 Å². The second-order valence-electron chi connectivity index (χ2n) is 8.80. The molecule has 0 aliphatic carbocycles. The fraction of sp³-hybridized carbons (Fsp3) is 0.478. The number of alkyl halides is 3. The van der Waals surface area contributed by atoms with E-state index in [-0.39, 0.29) is 29.5 Å². The Morgan fingerprint density at radius 2 is 2.08 bits per heavy atom. The minimum Gasteiger partial charge on any atom is -0.479 e. The third-order valence-corrected chi connectivity index (χ3v) is 6.41. The smallest absolute Gasteiger partial charge is 0.258 e. The summed E-state index contributed by atoms with van der Waals surface area (Å²) in [7, 11) is 2.99. The molecule has 1 aliphatic rings. The van der Waals surface area contributed by atoms with Gasteiger partial charge in [-0.3, -0.25) is 4.90 Å². The molecule has 1 fully saturated rings. The van der Waals surface area contributed by atoms with E-state index in [1.807, 2.05) is 4.90 Å². The highest BCUT2D eigenvalue weighted by molar-refractivity contribution is 5.89. The van der Waals surface area contributed by atoms with Crippen LogP contribution in [-0.2, 0) is 11.3 Å². The molecule has 0 bridgehead atoms. The van der Waals surface area contributed by atoms with Crippen LogP contribution in [0.5, 0.6) is 5.88 Å². The van der Waals surface area contributed by atoms with Crippen LogP contribution in [0.15, 0.2) is 24.4 Å². The largest absolute Gasteiger partial charge is 0.479 e. The molecule has 0 saturated carbocycles. The van der Waals surface area contributed by atoms with Crippen molar-refractivity contribution in [3.63, 3.8) is 0 Å². The lowest BCUT2D eigenvalue weighted by molar-refractivity contribution is 0.0918. The highest BCUT2D eigenvalue weighted by Gasteiger charge is 2.30. The van der Waals surface area contributed by atoms with E-state index in [1.165, 1.54) is 23.9 Å². The maximum absolute atomic E-state index is 15.2. The Bertz CT molecular complexity index is 1390. The molecule has 10 nitrogen and oxygen atoms in total. The van der Waals surface area contributed by atoms with E-state index in [9.17, 15) is 13.2 Å². The van der Waals surface area contributed by atoms with E-state index in [1.54, 1.807) is 19.2 Å². The lowest BCUT2D eigenvalue weighted by atomic mass is 10.0. The second kappa shape index (κ2) is 10.5.